The molecule has 1 aliphatic rings. The molecule has 0 spiro atoms. The number of methoxy groups -OCH3 is 1. The zero-order valence-corrected chi connectivity index (χ0v) is 12.3. The first-order valence-corrected chi connectivity index (χ1v) is 7.57. The zero-order valence-electron chi connectivity index (χ0n) is 11.5. The van der Waals surface area contributed by atoms with Crippen molar-refractivity contribution in [2.24, 2.45) is 0 Å². The molecule has 0 N–H and O–H groups in total. The number of halogens is 1. The molecule has 1 atom stereocenters. The molecular weight excluding hydrogens is 289 g/mol. The SMILES string of the molecule is COc1ccc(C2SCC(=O)N2c2ccc(F)cc2)cc1. The number of benzene rings is 2. The van der Waals surface area contributed by atoms with Gasteiger partial charge in [-0.1, -0.05) is 12.1 Å². The lowest BCUT2D eigenvalue weighted by molar-refractivity contribution is -0.115. The number of thioether (sulfide) groups is 1. The van der Waals surface area contributed by atoms with Gasteiger partial charge in [0, 0.05) is 5.69 Å². The molecule has 21 heavy (non-hydrogen) atoms. The van der Waals surface area contributed by atoms with E-state index in [0.717, 1.165) is 11.3 Å². The highest BCUT2D eigenvalue weighted by atomic mass is 32.2. The van der Waals surface area contributed by atoms with Crippen LogP contribution in [0.15, 0.2) is 48.5 Å². The molecule has 0 aromatic heterocycles. The first kappa shape index (κ1) is 13.9. The Bertz CT molecular complexity index is 642. The summed E-state index contributed by atoms with van der Waals surface area (Å²) in [7, 11) is 1.62. The summed E-state index contributed by atoms with van der Waals surface area (Å²) in [5.41, 5.74) is 1.74. The van der Waals surface area contributed by atoms with Crippen molar-refractivity contribution in [3.05, 3.63) is 59.9 Å². The molecule has 108 valence electrons. The van der Waals surface area contributed by atoms with E-state index in [0.29, 0.717) is 11.4 Å². The van der Waals surface area contributed by atoms with Crippen LogP contribution in [0, 0.1) is 5.82 Å². The van der Waals surface area contributed by atoms with Crippen LogP contribution in [0.25, 0.3) is 0 Å². The van der Waals surface area contributed by atoms with Gasteiger partial charge in [-0.3, -0.25) is 9.69 Å². The Balaban J connectivity index is 1.93. The highest BCUT2D eigenvalue weighted by Crippen LogP contribution is 2.41. The monoisotopic (exact) mass is 303 g/mol. The second-order valence-corrected chi connectivity index (χ2v) is 5.75. The number of carbonyl (C=O) groups excluding carboxylic acids is 1. The van der Waals surface area contributed by atoms with Crippen molar-refractivity contribution in [1.29, 1.82) is 0 Å². The predicted molar refractivity (Wildman–Crippen MR) is 82.1 cm³/mol. The number of anilines is 1. The number of rotatable bonds is 3. The Labute approximate surface area is 126 Å². The van der Waals surface area contributed by atoms with Crippen molar-refractivity contribution in [1.82, 2.24) is 0 Å². The lowest BCUT2D eigenvalue weighted by atomic mass is 10.2. The molecule has 0 radical (unpaired) electrons. The lowest BCUT2D eigenvalue weighted by Crippen LogP contribution is -2.27. The van der Waals surface area contributed by atoms with E-state index in [9.17, 15) is 9.18 Å². The van der Waals surface area contributed by atoms with E-state index < -0.39 is 0 Å². The van der Waals surface area contributed by atoms with Crippen molar-refractivity contribution in [2.45, 2.75) is 5.37 Å². The number of nitrogens with zero attached hydrogens (tertiary/aromatic N) is 1. The van der Waals surface area contributed by atoms with Crippen LogP contribution in [0.2, 0.25) is 0 Å². The Morgan fingerprint density at radius 2 is 1.81 bits per heavy atom. The van der Waals surface area contributed by atoms with Gasteiger partial charge in [0.2, 0.25) is 5.91 Å². The summed E-state index contributed by atoms with van der Waals surface area (Å²) in [5, 5.41) is -0.0890. The Hall–Kier alpha value is -2.01. The molecule has 1 amide bonds. The molecular formula is C16H14FNO2S. The molecule has 3 rings (SSSR count). The van der Waals surface area contributed by atoms with Gasteiger partial charge in [-0.15, -0.1) is 11.8 Å². The molecule has 3 nitrogen and oxygen atoms in total. The highest BCUT2D eigenvalue weighted by Gasteiger charge is 2.33. The smallest absolute Gasteiger partial charge is 0.238 e. The maximum Gasteiger partial charge on any atom is 0.238 e. The fourth-order valence-corrected chi connectivity index (χ4v) is 3.50. The van der Waals surface area contributed by atoms with Crippen LogP contribution in [0.3, 0.4) is 0 Å². The second kappa shape index (κ2) is 5.77. The van der Waals surface area contributed by atoms with Crippen LogP contribution in [-0.2, 0) is 4.79 Å². The van der Waals surface area contributed by atoms with Crippen LogP contribution in [-0.4, -0.2) is 18.8 Å². The van der Waals surface area contributed by atoms with Gasteiger partial charge in [-0.25, -0.2) is 4.39 Å². The molecule has 1 unspecified atom stereocenters. The molecule has 2 aromatic rings. The summed E-state index contributed by atoms with van der Waals surface area (Å²) in [6, 6.07) is 13.7. The summed E-state index contributed by atoms with van der Waals surface area (Å²) in [5.74, 6) is 0.932. The fraction of sp³-hybridized carbons (Fsp3) is 0.188. The van der Waals surface area contributed by atoms with Gasteiger partial charge < -0.3 is 4.74 Å². The van der Waals surface area contributed by atoms with Crippen molar-refractivity contribution in [3.63, 3.8) is 0 Å². The molecule has 1 heterocycles. The predicted octanol–water partition coefficient (Wildman–Crippen LogP) is 3.61. The third-order valence-corrected chi connectivity index (χ3v) is 4.59. The van der Waals surface area contributed by atoms with E-state index >= 15 is 0 Å². The van der Waals surface area contributed by atoms with E-state index in [4.69, 9.17) is 4.74 Å². The van der Waals surface area contributed by atoms with Crippen LogP contribution in [0.5, 0.6) is 5.75 Å². The van der Waals surface area contributed by atoms with Crippen LogP contribution < -0.4 is 9.64 Å². The van der Waals surface area contributed by atoms with Crippen molar-refractivity contribution in [2.75, 3.05) is 17.8 Å². The molecule has 0 bridgehead atoms. The minimum atomic E-state index is -0.306. The summed E-state index contributed by atoms with van der Waals surface area (Å²) in [6.07, 6.45) is 0. The van der Waals surface area contributed by atoms with Crippen LogP contribution >= 0.6 is 11.8 Å². The fourth-order valence-electron chi connectivity index (χ4n) is 2.32. The standard InChI is InChI=1S/C16H14FNO2S/c1-20-14-8-2-11(3-9-14)16-18(15(19)10-21-16)13-6-4-12(17)5-7-13/h2-9,16H,10H2,1H3. The first-order valence-electron chi connectivity index (χ1n) is 6.52. The van der Waals surface area contributed by atoms with Gasteiger partial charge in [0.05, 0.1) is 12.9 Å². The Morgan fingerprint density at radius 3 is 2.43 bits per heavy atom. The summed E-state index contributed by atoms with van der Waals surface area (Å²) < 4.78 is 18.2. The minimum absolute atomic E-state index is 0.0347. The quantitative estimate of drug-likeness (QED) is 0.867. The number of carbonyl (C=O) groups is 1. The number of hydrogen-bond donors (Lipinski definition) is 0. The molecule has 1 aliphatic heterocycles. The first-order chi connectivity index (χ1) is 10.2. The molecule has 5 heteroatoms. The zero-order chi connectivity index (χ0) is 14.8. The molecule has 1 fully saturated rings. The maximum atomic E-state index is 13.1. The lowest BCUT2D eigenvalue weighted by Gasteiger charge is -2.24. The van der Waals surface area contributed by atoms with Gasteiger partial charge >= 0.3 is 0 Å². The normalized spacial score (nSPS) is 18.1. The van der Waals surface area contributed by atoms with Crippen molar-refractivity contribution >= 4 is 23.4 Å². The summed E-state index contributed by atoms with van der Waals surface area (Å²) in [6.45, 7) is 0. The molecule has 0 aliphatic carbocycles. The van der Waals surface area contributed by atoms with E-state index in [1.165, 1.54) is 12.1 Å². The van der Waals surface area contributed by atoms with Crippen LogP contribution in [0.4, 0.5) is 10.1 Å². The molecule has 1 saturated heterocycles. The Kier molecular flexibility index (Phi) is 3.84. The van der Waals surface area contributed by atoms with Crippen molar-refractivity contribution in [3.8, 4) is 5.75 Å². The van der Waals surface area contributed by atoms with Gasteiger partial charge in [-0.05, 0) is 42.0 Å². The van der Waals surface area contributed by atoms with Gasteiger partial charge in [0.15, 0.2) is 0 Å². The van der Waals surface area contributed by atoms with E-state index in [1.807, 2.05) is 24.3 Å². The minimum Gasteiger partial charge on any atom is -0.497 e. The number of hydrogen-bond acceptors (Lipinski definition) is 3. The van der Waals surface area contributed by atoms with E-state index in [1.54, 1.807) is 35.9 Å². The number of amides is 1. The van der Waals surface area contributed by atoms with E-state index in [2.05, 4.69) is 0 Å². The van der Waals surface area contributed by atoms with Gasteiger partial charge in [-0.2, -0.15) is 0 Å². The Morgan fingerprint density at radius 1 is 1.14 bits per heavy atom. The van der Waals surface area contributed by atoms with Gasteiger partial charge in [0.25, 0.3) is 0 Å². The average Bonchev–Trinajstić information content (AvgIpc) is 2.90. The van der Waals surface area contributed by atoms with Gasteiger partial charge in [0.1, 0.15) is 16.9 Å². The topological polar surface area (TPSA) is 29.5 Å². The largest absolute Gasteiger partial charge is 0.497 e. The summed E-state index contributed by atoms with van der Waals surface area (Å²) in [4.78, 5) is 13.9. The highest BCUT2D eigenvalue weighted by molar-refractivity contribution is 8.00. The average molecular weight is 303 g/mol. The second-order valence-electron chi connectivity index (χ2n) is 4.68. The molecule has 2 aromatic carbocycles. The molecule has 0 saturated carbocycles. The summed E-state index contributed by atoms with van der Waals surface area (Å²) >= 11 is 1.57. The third-order valence-electron chi connectivity index (χ3n) is 3.37. The maximum absolute atomic E-state index is 13.1. The third kappa shape index (κ3) is 2.74. The van der Waals surface area contributed by atoms with Crippen LogP contribution in [0.1, 0.15) is 10.9 Å². The van der Waals surface area contributed by atoms with Crippen molar-refractivity contribution < 1.29 is 13.9 Å². The van der Waals surface area contributed by atoms with E-state index in [-0.39, 0.29) is 17.1 Å². The number of ether oxygens (including phenoxy) is 1.